The Morgan fingerprint density at radius 1 is 1.14 bits per heavy atom. The minimum Gasteiger partial charge on any atom is -0.406 e. The fourth-order valence-corrected chi connectivity index (χ4v) is 2.62. The number of benzene rings is 2. The van der Waals surface area contributed by atoms with Crippen molar-refractivity contribution in [3.63, 3.8) is 0 Å². The van der Waals surface area contributed by atoms with Crippen LogP contribution < -0.4 is 15.7 Å². The van der Waals surface area contributed by atoms with Crippen molar-refractivity contribution in [1.82, 2.24) is 4.73 Å². The summed E-state index contributed by atoms with van der Waals surface area (Å²) in [5.41, 5.74) is 0.833. The molecule has 0 atom stereocenters. The van der Waals surface area contributed by atoms with Crippen LogP contribution in [0.2, 0.25) is 0 Å². The van der Waals surface area contributed by atoms with Gasteiger partial charge in [0.05, 0.1) is 4.92 Å². The van der Waals surface area contributed by atoms with E-state index in [-0.39, 0.29) is 23.5 Å². The van der Waals surface area contributed by atoms with Gasteiger partial charge in [-0.2, -0.15) is 4.73 Å². The molecule has 0 radical (unpaired) electrons. The third kappa shape index (κ3) is 4.24. The fraction of sp³-hybridized carbons (Fsp3) is 0.100. The van der Waals surface area contributed by atoms with Gasteiger partial charge in [0, 0.05) is 12.3 Å². The number of nitrogens with one attached hydrogen (secondary N) is 1. The lowest BCUT2D eigenvalue weighted by Crippen LogP contribution is -2.32. The number of pyridine rings is 1. The van der Waals surface area contributed by atoms with E-state index in [4.69, 9.17) is 4.84 Å². The maximum Gasteiger partial charge on any atom is 0.295 e. The highest BCUT2D eigenvalue weighted by Crippen LogP contribution is 2.23. The summed E-state index contributed by atoms with van der Waals surface area (Å²) in [6.07, 6.45) is 1.40. The molecule has 8 nitrogen and oxygen atoms in total. The van der Waals surface area contributed by atoms with Crippen molar-refractivity contribution >= 4 is 17.3 Å². The second-order valence-corrected chi connectivity index (χ2v) is 6.04. The molecule has 0 aliphatic rings. The van der Waals surface area contributed by atoms with E-state index in [9.17, 15) is 19.7 Å². The van der Waals surface area contributed by atoms with Crippen molar-refractivity contribution in [2.75, 3.05) is 5.32 Å². The van der Waals surface area contributed by atoms with Gasteiger partial charge in [0.2, 0.25) is 0 Å². The lowest BCUT2D eigenvalue weighted by molar-refractivity contribution is -0.383. The summed E-state index contributed by atoms with van der Waals surface area (Å²) in [5.74, 6) is -0.757. The molecule has 0 unspecified atom stereocenters. The number of carbonyl (C=O) groups excluding carboxylic acids is 1. The number of para-hydroxylation sites is 2. The van der Waals surface area contributed by atoms with E-state index in [0.29, 0.717) is 0 Å². The average molecular weight is 379 g/mol. The molecule has 0 bridgehead atoms. The van der Waals surface area contributed by atoms with E-state index >= 15 is 0 Å². The van der Waals surface area contributed by atoms with Gasteiger partial charge >= 0.3 is 0 Å². The highest BCUT2D eigenvalue weighted by molar-refractivity contribution is 6.05. The summed E-state index contributed by atoms with van der Waals surface area (Å²) in [4.78, 5) is 41.0. The van der Waals surface area contributed by atoms with Crippen LogP contribution in [0, 0.1) is 17.0 Å². The minimum absolute atomic E-state index is 0.00739. The van der Waals surface area contributed by atoms with Gasteiger partial charge in [-0.25, -0.2) is 0 Å². The Morgan fingerprint density at radius 3 is 2.68 bits per heavy atom. The van der Waals surface area contributed by atoms with Crippen LogP contribution in [0.25, 0.3) is 0 Å². The number of hydrogen-bond donors (Lipinski definition) is 1. The third-order valence-corrected chi connectivity index (χ3v) is 3.96. The standard InChI is InChI=1S/C20H17N3O5/c1-14-6-4-7-15(12-14)13-28-22-11-5-8-16(20(22)25)19(24)21-17-9-2-3-10-18(17)23(26)27/h2-12H,13H2,1H3,(H,21,24). The lowest BCUT2D eigenvalue weighted by atomic mass is 10.1. The minimum atomic E-state index is -0.757. The number of anilines is 1. The van der Waals surface area contributed by atoms with Crippen LogP contribution >= 0.6 is 0 Å². The highest BCUT2D eigenvalue weighted by atomic mass is 16.7. The van der Waals surface area contributed by atoms with E-state index in [0.717, 1.165) is 15.9 Å². The zero-order chi connectivity index (χ0) is 20.1. The van der Waals surface area contributed by atoms with E-state index in [1.807, 2.05) is 31.2 Å². The van der Waals surface area contributed by atoms with Crippen molar-refractivity contribution in [1.29, 1.82) is 0 Å². The molecule has 0 fully saturated rings. The summed E-state index contributed by atoms with van der Waals surface area (Å²) >= 11 is 0. The molecule has 0 aliphatic carbocycles. The molecule has 8 heteroatoms. The molecule has 142 valence electrons. The molecule has 0 saturated carbocycles. The van der Waals surface area contributed by atoms with Gasteiger partial charge in [-0.3, -0.25) is 19.7 Å². The van der Waals surface area contributed by atoms with E-state index in [1.54, 1.807) is 6.07 Å². The molecule has 0 aliphatic heterocycles. The number of hydrogen-bond acceptors (Lipinski definition) is 5. The van der Waals surface area contributed by atoms with Crippen LogP contribution in [-0.4, -0.2) is 15.6 Å². The zero-order valence-electron chi connectivity index (χ0n) is 15.0. The van der Waals surface area contributed by atoms with Crippen molar-refractivity contribution in [2.24, 2.45) is 0 Å². The van der Waals surface area contributed by atoms with Crippen molar-refractivity contribution in [3.8, 4) is 0 Å². The van der Waals surface area contributed by atoms with Crippen molar-refractivity contribution in [2.45, 2.75) is 13.5 Å². The van der Waals surface area contributed by atoms with Gasteiger partial charge in [-0.15, -0.1) is 0 Å². The summed E-state index contributed by atoms with van der Waals surface area (Å²) in [6.45, 7) is 2.10. The first kappa shape index (κ1) is 18.8. The van der Waals surface area contributed by atoms with Gasteiger partial charge in [-0.05, 0) is 30.7 Å². The predicted molar refractivity (Wildman–Crippen MR) is 103 cm³/mol. The van der Waals surface area contributed by atoms with Crippen LogP contribution in [0.5, 0.6) is 0 Å². The first-order valence-corrected chi connectivity index (χ1v) is 8.41. The summed E-state index contributed by atoms with van der Waals surface area (Å²) < 4.78 is 0.969. The topological polar surface area (TPSA) is 103 Å². The van der Waals surface area contributed by atoms with Gasteiger partial charge in [-0.1, -0.05) is 42.0 Å². The van der Waals surface area contributed by atoms with Crippen molar-refractivity contribution in [3.05, 3.63) is 104 Å². The maximum atomic E-state index is 12.6. The summed E-state index contributed by atoms with van der Waals surface area (Å²) in [6, 6.07) is 16.1. The monoisotopic (exact) mass is 379 g/mol. The molecule has 1 aromatic heterocycles. The van der Waals surface area contributed by atoms with Crippen LogP contribution in [0.1, 0.15) is 21.5 Å². The summed E-state index contributed by atoms with van der Waals surface area (Å²) in [7, 11) is 0. The Balaban J connectivity index is 1.80. The van der Waals surface area contributed by atoms with Crippen LogP contribution in [0.4, 0.5) is 11.4 Å². The highest BCUT2D eigenvalue weighted by Gasteiger charge is 2.18. The number of amides is 1. The molecule has 3 aromatic rings. The molecule has 0 saturated heterocycles. The molecular weight excluding hydrogens is 362 g/mol. The Kier molecular flexibility index (Phi) is 5.50. The maximum absolute atomic E-state index is 12.6. The Hall–Kier alpha value is -3.94. The van der Waals surface area contributed by atoms with E-state index in [2.05, 4.69) is 5.32 Å². The fourth-order valence-electron chi connectivity index (χ4n) is 2.62. The van der Waals surface area contributed by atoms with Crippen LogP contribution in [0.3, 0.4) is 0 Å². The number of nitro benzene ring substituents is 1. The predicted octanol–water partition coefficient (Wildman–Crippen LogP) is 2.95. The van der Waals surface area contributed by atoms with Gasteiger partial charge in [0.15, 0.2) is 0 Å². The quantitative estimate of drug-likeness (QED) is 0.524. The first-order chi connectivity index (χ1) is 13.5. The number of nitro groups is 1. The molecule has 3 rings (SSSR count). The Bertz CT molecular complexity index is 1090. The van der Waals surface area contributed by atoms with E-state index in [1.165, 1.54) is 36.5 Å². The molecule has 1 heterocycles. The SMILES string of the molecule is Cc1cccc(COn2cccc(C(=O)Nc3ccccc3[N+](=O)[O-])c2=O)c1. The average Bonchev–Trinajstić information content (AvgIpc) is 2.67. The molecule has 2 aromatic carbocycles. The molecule has 28 heavy (non-hydrogen) atoms. The second kappa shape index (κ2) is 8.17. The van der Waals surface area contributed by atoms with Crippen molar-refractivity contribution < 1.29 is 14.6 Å². The Morgan fingerprint density at radius 2 is 1.93 bits per heavy atom. The number of aromatic nitrogens is 1. The number of aryl methyl sites for hydroxylation is 1. The second-order valence-electron chi connectivity index (χ2n) is 6.04. The van der Waals surface area contributed by atoms with Gasteiger partial charge in [0.1, 0.15) is 17.9 Å². The van der Waals surface area contributed by atoms with Gasteiger partial charge < -0.3 is 10.2 Å². The lowest BCUT2D eigenvalue weighted by Gasteiger charge is -2.10. The normalized spacial score (nSPS) is 10.3. The summed E-state index contributed by atoms with van der Waals surface area (Å²) in [5, 5.41) is 13.5. The van der Waals surface area contributed by atoms with Crippen LogP contribution in [0.15, 0.2) is 71.7 Å². The number of nitrogens with zero attached hydrogens (tertiary/aromatic N) is 2. The largest absolute Gasteiger partial charge is 0.406 e. The van der Waals surface area contributed by atoms with Crippen LogP contribution in [-0.2, 0) is 6.61 Å². The smallest absolute Gasteiger partial charge is 0.295 e. The Labute approximate surface area is 160 Å². The molecule has 0 spiro atoms. The number of carbonyl (C=O) groups is 1. The third-order valence-electron chi connectivity index (χ3n) is 3.96. The van der Waals surface area contributed by atoms with Gasteiger partial charge in [0.25, 0.3) is 17.2 Å². The van der Waals surface area contributed by atoms with E-state index < -0.39 is 16.4 Å². The zero-order valence-corrected chi connectivity index (χ0v) is 15.0. The molecule has 1 N–H and O–H groups in total. The molecule has 1 amide bonds. The number of rotatable bonds is 6. The first-order valence-electron chi connectivity index (χ1n) is 8.41. The molecular formula is C20H17N3O5.